The van der Waals surface area contributed by atoms with Gasteiger partial charge in [-0.3, -0.25) is 0 Å². The first-order chi connectivity index (χ1) is 8.25. The van der Waals surface area contributed by atoms with Crippen molar-refractivity contribution in [1.82, 2.24) is 9.97 Å². The maximum atomic E-state index is 5.49. The number of hydrogen-bond acceptors (Lipinski definition) is 5. The molecule has 1 saturated carbocycles. The first-order valence-corrected chi connectivity index (χ1v) is 6.11. The topological polar surface area (TPSA) is 73.1 Å². The van der Waals surface area contributed by atoms with Gasteiger partial charge in [0.2, 0.25) is 5.95 Å². The normalized spacial score (nSPS) is 14.6. The van der Waals surface area contributed by atoms with Crippen molar-refractivity contribution in [1.29, 1.82) is 0 Å². The van der Waals surface area contributed by atoms with Crippen LogP contribution in [0, 0.1) is 5.92 Å². The summed E-state index contributed by atoms with van der Waals surface area (Å²) in [6.45, 7) is 2.22. The fourth-order valence-corrected chi connectivity index (χ4v) is 1.46. The molecule has 0 aliphatic heterocycles. The van der Waals surface area contributed by atoms with E-state index >= 15 is 0 Å². The highest BCUT2D eigenvalue weighted by Crippen LogP contribution is 2.28. The van der Waals surface area contributed by atoms with Crippen molar-refractivity contribution >= 4 is 23.2 Å². The Morgan fingerprint density at radius 2 is 2.41 bits per heavy atom. The highest BCUT2D eigenvalue weighted by Gasteiger charge is 2.20. The minimum atomic E-state index is 0.278. The maximum absolute atomic E-state index is 5.49. The summed E-state index contributed by atoms with van der Waals surface area (Å²) in [7, 11) is 0. The predicted molar refractivity (Wildman–Crippen MR) is 70.0 cm³/mol. The second kappa shape index (κ2) is 5.88. The highest BCUT2D eigenvalue weighted by molar-refractivity contribution is 7.80. The van der Waals surface area contributed by atoms with E-state index in [1.165, 1.54) is 12.8 Å². The van der Waals surface area contributed by atoms with Gasteiger partial charge in [-0.25, -0.2) is 9.97 Å². The van der Waals surface area contributed by atoms with Crippen LogP contribution in [0.4, 0.5) is 5.95 Å². The van der Waals surface area contributed by atoms with Crippen molar-refractivity contribution in [3.05, 3.63) is 18.0 Å². The van der Waals surface area contributed by atoms with Gasteiger partial charge < -0.3 is 15.8 Å². The van der Waals surface area contributed by atoms with Gasteiger partial charge in [-0.2, -0.15) is 0 Å². The maximum Gasteiger partial charge on any atom is 0.223 e. The van der Waals surface area contributed by atoms with Crippen molar-refractivity contribution in [2.75, 3.05) is 25.1 Å². The third-order valence-electron chi connectivity index (χ3n) is 2.49. The first kappa shape index (κ1) is 12.2. The molecule has 0 unspecified atom stereocenters. The number of thiocarbonyl (C=S) groups is 1. The molecule has 0 amide bonds. The molecule has 92 valence electrons. The summed E-state index contributed by atoms with van der Waals surface area (Å²) < 4.78 is 5.49. The second-order valence-corrected chi connectivity index (χ2v) is 4.51. The minimum Gasteiger partial charge on any atom is -0.388 e. The fraction of sp³-hybridized carbons (Fsp3) is 0.545. The van der Waals surface area contributed by atoms with Gasteiger partial charge in [0.1, 0.15) is 10.7 Å². The van der Waals surface area contributed by atoms with E-state index in [9.17, 15) is 0 Å². The monoisotopic (exact) mass is 252 g/mol. The summed E-state index contributed by atoms with van der Waals surface area (Å²) in [6, 6.07) is 1.69. The molecule has 5 nitrogen and oxygen atoms in total. The number of nitrogens with zero attached hydrogens (tertiary/aromatic N) is 2. The molecule has 1 aromatic heterocycles. The Morgan fingerprint density at radius 1 is 1.59 bits per heavy atom. The summed E-state index contributed by atoms with van der Waals surface area (Å²) in [6.07, 6.45) is 4.26. The third kappa shape index (κ3) is 4.24. The van der Waals surface area contributed by atoms with Crippen LogP contribution in [0.1, 0.15) is 18.5 Å². The van der Waals surface area contributed by atoms with E-state index in [4.69, 9.17) is 22.7 Å². The van der Waals surface area contributed by atoms with Gasteiger partial charge in [-0.05, 0) is 24.8 Å². The standard InChI is InChI=1S/C11H16N4OS/c12-10(17)9-3-4-13-11(15-9)14-5-6-16-7-8-1-2-8/h3-4,8H,1-2,5-7H2,(H2,12,17)(H,13,14,15). The second-order valence-electron chi connectivity index (χ2n) is 4.07. The molecule has 0 spiro atoms. The van der Waals surface area contributed by atoms with Gasteiger partial charge in [0.15, 0.2) is 0 Å². The van der Waals surface area contributed by atoms with Gasteiger partial charge >= 0.3 is 0 Å². The zero-order valence-electron chi connectivity index (χ0n) is 9.56. The summed E-state index contributed by atoms with van der Waals surface area (Å²) in [5, 5.41) is 3.07. The SMILES string of the molecule is NC(=S)c1ccnc(NCCOCC2CC2)n1. The average molecular weight is 252 g/mol. The molecule has 1 aromatic rings. The van der Waals surface area contributed by atoms with Gasteiger partial charge in [-0.1, -0.05) is 12.2 Å². The molecule has 1 aliphatic carbocycles. The summed E-state index contributed by atoms with van der Waals surface area (Å²) in [5.41, 5.74) is 6.07. The lowest BCUT2D eigenvalue weighted by Crippen LogP contribution is -2.16. The molecule has 3 N–H and O–H groups in total. The van der Waals surface area contributed by atoms with E-state index < -0.39 is 0 Å². The van der Waals surface area contributed by atoms with Gasteiger partial charge in [0.25, 0.3) is 0 Å². The van der Waals surface area contributed by atoms with Crippen molar-refractivity contribution in [2.24, 2.45) is 11.7 Å². The van der Waals surface area contributed by atoms with Crippen molar-refractivity contribution in [3.8, 4) is 0 Å². The van der Waals surface area contributed by atoms with Gasteiger partial charge in [-0.15, -0.1) is 0 Å². The molecule has 0 bridgehead atoms. The molecule has 1 fully saturated rings. The Hall–Kier alpha value is -1.27. The zero-order chi connectivity index (χ0) is 12.1. The largest absolute Gasteiger partial charge is 0.388 e. The molecule has 0 radical (unpaired) electrons. The van der Waals surface area contributed by atoms with E-state index in [1.54, 1.807) is 12.3 Å². The molecule has 17 heavy (non-hydrogen) atoms. The predicted octanol–water partition coefficient (Wildman–Crippen LogP) is 0.949. The number of nitrogens with one attached hydrogen (secondary N) is 1. The van der Waals surface area contributed by atoms with Crippen LogP contribution in [-0.4, -0.2) is 34.7 Å². The number of anilines is 1. The fourth-order valence-electron chi connectivity index (χ4n) is 1.35. The molecule has 2 rings (SSSR count). The Bertz CT molecular complexity index is 395. The van der Waals surface area contributed by atoms with E-state index in [2.05, 4.69) is 15.3 Å². The smallest absolute Gasteiger partial charge is 0.223 e. The van der Waals surface area contributed by atoms with Crippen molar-refractivity contribution < 1.29 is 4.74 Å². The summed E-state index contributed by atoms with van der Waals surface area (Å²) >= 11 is 4.85. The van der Waals surface area contributed by atoms with Crippen LogP contribution in [0.2, 0.25) is 0 Å². The molecule has 0 saturated heterocycles. The van der Waals surface area contributed by atoms with E-state index in [0.717, 1.165) is 12.5 Å². The van der Waals surface area contributed by atoms with Crippen LogP contribution >= 0.6 is 12.2 Å². The van der Waals surface area contributed by atoms with Crippen LogP contribution < -0.4 is 11.1 Å². The van der Waals surface area contributed by atoms with Crippen LogP contribution in [0.15, 0.2) is 12.3 Å². The molecule has 6 heteroatoms. The number of aromatic nitrogens is 2. The average Bonchev–Trinajstić information content (AvgIpc) is 3.13. The van der Waals surface area contributed by atoms with E-state index in [-0.39, 0.29) is 4.99 Å². The zero-order valence-corrected chi connectivity index (χ0v) is 10.4. The Kier molecular flexibility index (Phi) is 4.22. The number of rotatable bonds is 7. The molecular weight excluding hydrogens is 236 g/mol. The lowest BCUT2D eigenvalue weighted by Gasteiger charge is -2.06. The van der Waals surface area contributed by atoms with E-state index in [1.807, 2.05) is 0 Å². The van der Waals surface area contributed by atoms with Crippen LogP contribution in [-0.2, 0) is 4.74 Å². The van der Waals surface area contributed by atoms with Gasteiger partial charge in [0, 0.05) is 19.3 Å². The summed E-state index contributed by atoms with van der Waals surface area (Å²) in [4.78, 5) is 8.53. The first-order valence-electron chi connectivity index (χ1n) is 5.70. The van der Waals surface area contributed by atoms with Crippen LogP contribution in [0.25, 0.3) is 0 Å². The highest BCUT2D eigenvalue weighted by atomic mass is 32.1. The lowest BCUT2D eigenvalue weighted by molar-refractivity contribution is 0.133. The Balaban J connectivity index is 1.70. The summed E-state index contributed by atoms with van der Waals surface area (Å²) in [5.74, 6) is 1.33. The molecule has 0 aromatic carbocycles. The van der Waals surface area contributed by atoms with Crippen molar-refractivity contribution in [2.45, 2.75) is 12.8 Å². The van der Waals surface area contributed by atoms with Crippen LogP contribution in [0.3, 0.4) is 0 Å². The number of ether oxygens (including phenoxy) is 1. The number of nitrogens with two attached hydrogens (primary N) is 1. The molecular formula is C11H16N4OS. The Labute approximate surface area is 106 Å². The Morgan fingerprint density at radius 3 is 3.12 bits per heavy atom. The quantitative estimate of drug-likeness (QED) is 0.556. The lowest BCUT2D eigenvalue weighted by atomic mass is 10.4. The van der Waals surface area contributed by atoms with Gasteiger partial charge in [0.05, 0.1) is 6.61 Å². The van der Waals surface area contributed by atoms with E-state index in [0.29, 0.717) is 24.8 Å². The molecule has 1 heterocycles. The molecule has 0 atom stereocenters. The number of hydrogen-bond donors (Lipinski definition) is 2. The van der Waals surface area contributed by atoms with Crippen LogP contribution in [0.5, 0.6) is 0 Å². The molecule has 1 aliphatic rings. The third-order valence-corrected chi connectivity index (χ3v) is 2.70. The van der Waals surface area contributed by atoms with Crippen molar-refractivity contribution in [3.63, 3.8) is 0 Å². The minimum absolute atomic E-state index is 0.278.